The zero-order valence-electron chi connectivity index (χ0n) is 15.3. The van der Waals surface area contributed by atoms with Gasteiger partial charge in [-0.25, -0.2) is 4.79 Å². The zero-order chi connectivity index (χ0) is 19.1. The maximum atomic E-state index is 12.5. The van der Waals surface area contributed by atoms with Gasteiger partial charge in [0.25, 0.3) is 5.91 Å². The number of benzene rings is 2. The van der Waals surface area contributed by atoms with Gasteiger partial charge in [0.15, 0.2) is 0 Å². The van der Waals surface area contributed by atoms with Gasteiger partial charge in [-0.1, -0.05) is 42.5 Å². The Morgan fingerprint density at radius 3 is 2.44 bits per heavy atom. The van der Waals surface area contributed by atoms with Crippen LogP contribution in [0.1, 0.15) is 37.0 Å². The van der Waals surface area contributed by atoms with Gasteiger partial charge in [0.2, 0.25) is 6.10 Å². The highest BCUT2D eigenvalue weighted by atomic mass is 16.5. The average molecular weight is 365 g/mol. The van der Waals surface area contributed by atoms with Crippen LogP contribution in [0.4, 0.5) is 0 Å². The summed E-state index contributed by atoms with van der Waals surface area (Å²) in [7, 11) is 0. The SMILES string of the molecule is CCOc1ccc(/C=C/C(=O)O[C@@H](C(=O)NC2CC2)c2ccccc2)cc1. The van der Waals surface area contributed by atoms with Crippen molar-refractivity contribution >= 4 is 18.0 Å². The van der Waals surface area contributed by atoms with Crippen LogP contribution in [0, 0.1) is 0 Å². The second kappa shape index (κ2) is 9.03. The molecule has 3 rings (SSSR count). The molecule has 0 unspecified atom stereocenters. The second-order valence-electron chi connectivity index (χ2n) is 6.35. The molecule has 27 heavy (non-hydrogen) atoms. The first-order chi connectivity index (χ1) is 13.2. The minimum atomic E-state index is -0.954. The molecular weight excluding hydrogens is 342 g/mol. The smallest absolute Gasteiger partial charge is 0.331 e. The van der Waals surface area contributed by atoms with Crippen molar-refractivity contribution in [1.82, 2.24) is 5.32 Å². The zero-order valence-corrected chi connectivity index (χ0v) is 15.3. The van der Waals surface area contributed by atoms with Gasteiger partial charge in [-0.05, 0) is 43.5 Å². The predicted molar refractivity (Wildman–Crippen MR) is 103 cm³/mol. The fourth-order valence-electron chi connectivity index (χ4n) is 2.57. The Morgan fingerprint density at radius 1 is 1.11 bits per heavy atom. The molecule has 0 aliphatic heterocycles. The average Bonchev–Trinajstić information content (AvgIpc) is 3.50. The highest BCUT2D eigenvalue weighted by molar-refractivity contribution is 5.91. The number of nitrogens with one attached hydrogen (secondary N) is 1. The van der Waals surface area contributed by atoms with E-state index in [9.17, 15) is 9.59 Å². The number of hydrogen-bond acceptors (Lipinski definition) is 4. The first-order valence-corrected chi connectivity index (χ1v) is 9.12. The van der Waals surface area contributed by atoms with Crippen molar-refractivity contribution in [3.05, 3.63) is 71.8 Å². The summed E-state index contributed by atoms with van der Waals surface area (Å²) in [6, 6.07) is 16.6. The van der Waals surface area contributed by atoms with Crippen LogP contribution >= 0.6 is 0 Å². The fourth-order valence-corrected chi connectivity index (χ4v) is 2.57. The van der Waals surface area contributed by atoms with E-state index in [2.05, 4.69) is 5.32 Å². The van der Waals surface area contributed by atoms with Gasteiger partial charge in [-0.3, -0.25) is 4.79 Å². The molecule has 0 heterocycles. The molecule has 1 atom stereocenters. The summed E-state index contributed by atoms with van der Waals surface area (Å²) in [5.74, 6) is -0.0756. The molecule has 0 bridgehead atoms. The lowest BCUT2D eigenvalue weighted by Crippen LogP contribution is -2.33. The largest absolute Gasteiger partial charge is 0.494 e. The minimum Gasteiger partial charge on any atom is -0.494 e. The highest BCUT2D eigenvalue weighted by Gasteiger charge is 2.30. The number of ether oxygens (including phenoxy) is 2. The first kappa shape index (κ1) is 18.7. The van der Waals surface area contributed by atoms with E-state index in [1.165, 1.54) is 6.08 Å². The van der Waals surface area contributed by atoms with Crippen molar-refractivity contribution in [2.75, 3.05) is 6.61 Å². The number of esters is 1. The molecule has 0 saturated heterocycles. The number of carbonyl (C=O) groups is 2. The highest BCUT2D eigenvalue weighted by Crippen LogP contribution is 2.23. The van der Waals surface area contributed by atoms with Crippen molar-refractivity contribution in [3.8, 4) is 5.75 Å². The van der Waals surface area contributed by atoms with E-state index < -0.39 is 12.1 Å². The Kier molecular flexibility index (Phi) is 6.26. The summed E-state index contributed by atoms with van der Waals surface area (Å²) in [6.07, 6.45) is 3.97. The molecule has 1 aliphatic rings. The summed E-state index contributed by atoms with van der Waals surface area (Å²) in [6.45, 7) is 2.53. The molecule has 1 aliphatic carbocycles. The van der Waals surface area contributed by atoms with Crippen LogP contribution in [0.25, 0.3) is 6.08 Å². The molecule has 5 heteroatoms. The van der Waals surface area contributed by atoms with Gasteiger partial charge in [-0.2, -0.15) is 0 Å². The normalized spacial score (nSPS) is 14.6. The van der Waals surface area contributed by atoms with Gasteiger partial charge in [0.05, 0.1) is 6.61 Å². The van der Waals surface area contributed by atoms with Gasteiger partial charge in [0, 0.05) is 17.7 Å². The van der Waals surface area contributed by atoms with Crippen molar-refractivity contribution < 1.29 is 19.1 Å². The van der Waals surface area contributed by atoms with E-state index in [0.717, 1.165) is 24.2 Å². The van der Waals surface area contributed by atoms with E-state index in [0.29, 0.717) is 12.2 Å². The molecule has 1 amide bonds. The molecule has 1 fully saturated rings. The quantitative estimate of drug-likeness (QED) is 0.573. The molecule has 2 aromatic carbocycles. The maximum absolute atomic E-state index is 12.5. The third-order valence-electron chi connectivity index (χ3n) is 4.10. The molecule has 1 saturated carbocycles. The van der Waals surface area contributed by atoms with Crippen LogP contribution in [0.3, 0.4) is 0 Å². The van der Waals surface area contributed by atoms with E-state index in [1.807, 2.05) is 49.4 Å². The molecule has 0 aromatic heterocycles. The molecule has 0 radical (unpaired) electrons. The Balaban J connectivity index is 1.65. The molecule has 2 aromatic rings. The van der Waals surface area contributed by atoms with Crippen LogP contribution in [0.15, 0.2) is 60.7 Å². The fraction of sp³-hybridized carbons (Fsp3) is 0.273. The van der Waals surface area contributed by atoms with Crippen molar-refractivity contribution in [2.24, 2.45) is 0 Å². The molecule has 5 nitrogen and oxygen atoms in total. The summed E-state index contributed by atoms with van der Waals surface area (Å²) in [5, 5.41) is 2.90. The number of amides is 1. The minimum absolute atomic E-state index is 0.196. The number of carbonyl (C=O) groups excluding carboxylic acids is 2. The van der Waals surface area contributed by atoms with Gasteiger partial charge in [-0.15, -0.1) is 0 Å². The predicted octanol–water partition coefficient (Wildman–Crippen LogP) is 3.66. The standard InChI is InChI=1S/C22H23NO4/c1-2-26-19-13-8-16(9-14-19)10-15-20(24)27-21(17-6-4-3-5-7-17)22(25)23-18-11-12-18/h3-10,13-15,18,21H,2,11-12H2,1H3,(H,23,25)/b15-10+/t21-/m1/s1. The number of hydrogen-bond donors (Lipinski definition) is 1. The van der Waals surface area contributed by atoms with E-state index in [4.69, 9.17) is 9.47 Å². The molecular formula is C22H23NO4. The topological polar surface area (TPSA) is 64.6 Å². The van der Waals surface area contributed by atoms with Crippen LogP contribution in [-0.2, 0) is 14.3 Å². The van der Waals surface area contributed by atoms with Crippen molar-refractivity contribution in [3.63, 3.8) is 0 Å². The molecule has 1 N–H and O–H groups in total. The lowest BCUT2D eigenvalue weighted by atomic mass is 10.1. The van der Waals surface area contributed by atoms with Crippen LogP contribution in [0.2, 0.25) is 0 Å². The lowest BCUT2D eigenvalue weighted by Gasteiger charge is -2.17. The van der Waals surface area contributed by atoms with Crippen LogP contribution < -0.4 is 10.1 Å². The monoisotopic (exact) mass is 365 g/mol. The first-order valence-electron chi connectivity index (χ1n) is 9.12. The van der Waals surface area contributed by atoms with E-state index in [1.54, 1.807) is 18.2 Å². The third kappa shape index (κ3) is 5.71. The lowest BCUT2D eigenvalue weighted by molar-refractivity contribution is -0.151. The van der Waals surface area contributed by atoms with E-state index >= 15 is 0 Å². The van der Waals surface area contributed by atoms with E-state index in [-0.39, 0.29) is 11.9 Å². The van der Waals surface area contributed by atoms with Gasteiger partial charge in [0.1, 0.15) is 5.75 Å². The van der Waals surface area contributed by atoms with Crippen molar-refractivity contribution in [2.45, 2.75) is 31.9 Å². The van der Waals surface area contributed by atoms with Crippen LogP contribution in [-0.4, -0.2) is 24.5 Å². The molecule has 0 spiro atoms. The summed E-state index contributed by atoms with van der Waals surface area (Å²) < 4.78 is 10.8. The third-order valence-corrected chi connectivity index (χ3v) is 4.10. The Morgan fingerprint density at radius 2 is 1.81 bits per heavy atom. The Hall–Kier alpha value is -3.08. The van der Waals surface area contributed by atoms with Crippen LogP contribution in [0.5, 0.6) is 5.75 Å². The second-order valence-corrected chi connectivity index (χ2v) is 6.35. The number of rotatable bonds is 8. The van der Waals surface area contributed by atoms with Gasteiger partial charge >= 0.3 is 5.97 Å². The summed E-state index contributed by atoms with van der Waals surface area (Å²) in [4.78, 5) is 24.7. The Labute approximate surface area is 159 Å². The maximum Gasteiger partial charge on any atom is 0.331 e. The Bertz CT molecular complexity index is 795. The summed E-state index contributed by atoms with van der Waals surface area (Å²) in [5.41, 5.74) is 1.49. The van der Waals surface area contributed by atoms with Crippen molar-refractivity contribution in [1.29, 1.82) is 0 Å². The summed E-state index contributed by atoms with van der Waals surface area (Å²) >= 11 is 0. The van der Waals surface area contributed by atoms with Gasteiger partial charge < -0.3 is 14.8 Å². The molecule has 140 valence electrons.